The van der Waals surface area contributed by atoms with Crippen molar-refractivity contribution < 1.29 is 14.8 Å². The maximum atomic E-state index is 10.3. The lowest BCUT2D eigenvalue weighted by Crippen LogP contribution is -2.17. The quantitative estimate of drug-likeness (QED) is 0.489. The lowest BCUT2D eigenvalue weighted by molar-refractivity contribution is -0.432. The molecule has 0 aliphatic rings. The van der Waals surface area contributed by atoms with Gasteiger partial charge in [-0.2, -0.15) is 0 Å². The van der Waals surface area contributed by atoms with Crippen LogP contribution in [-0.2, 0) is 4.79 Å². The highest BCUT2D eigenvalue weighted by atomic mass is 16.6. The molecule has 11 heavy (non-hydrogen) atoms. The van der Waals surface area contributed by atoms with Gasteiger partial charge in [0, 0.05) is 0 Å². The van der Waals surface area contributed by atoms with Gasteiger partial charge in [-0.25, -0.2) is 0 Å². The van der Waals surface area contributed by atoms with Crippen LogP contribution in [0.25, 0.3) is 0 Å². The van der Waals surface area contributed by atoms with E-state index in [2.05, 4.69) is 0 Å². The van der Waals surface area contributed by atoms with E-state index in [-0.39, 0.29) is 5.70 Å². The topological polar surface area (TPSA) is 80.4 Å². The Labute approximate surface area is 63.5 Å². The summed E-state index contributed by atoms with van der Waals surface area (Å²) in [5.74, 6) is -2.23. The first-order valence-corrected chi connectivity index (χ1v) is 3.04. The van der Waals surface area contributed by atoms with E-state index in [1.807, 2.05) is 0 Å². The predicted molar refractivity (Wildman–Crippen MR) is 37.6 cm³/mol. The molecule has 62 valence electrons. The average molecular weight is 159 g/mol. The molecule has 0 bridgehead atoms. The average Bonchev–Trinajstić information content (AvgIpc) is 1.88. The number of rotatable bonds is 3. The zero-order chi connectivity index (χ0) is 9.02. The fourth-order valence-corrected chi connectivity index (χ4v) is 0.640. The highest BCUT2D eigenvalue weighted by molar-refractivity contribution is 5.72. The van der Waals surface area contributed by atoms with Gasteiger partial charge in [0.05, 0.1) is 4.92 Å². The maximum Gasteiger partial charge on any atom is 0.317 e. The van der Waals surface area contributed by atoms with E-state index >= 15 is 0 Å². The molecule has 0 saturated heterocycles. The fraction of sp³-hybridized carbons (Fsp3) is 0.500. The molecule has 5 nitrogen and oxygen atoms in total. The van der Waals surface area contributed by atoms with Crippen molar-refractivity contribution in [3.8, 4) is 0 Å². The number of nitro groups is 1. The van der Waals surface area contributed by atoms with Gasteiger partial charge >= 0.3 is 5.97 Å². The maximum absolute atomic E-state index is 10.3. The number of carboxylic acid groups (broad SMARTS) is 1. The van der Waals surface area contributed by atoms with Crippen molar-refractivity contribution in [2.75, 3.05) is 0 Å². The van der Waals surface area contributed by atoms with E-state index in [1.165, 1.54) is 19.9 Å². The molecule has 0 aromatic rings. The van der Waals surface area contributed by atoms with Crippen molar-refractivity contribution in [1.82, 2.24) is 0 Å². The van der Waals surface area contributed by atoms with Crippen LogP contribution in [0.2, 0.25) is 0 Å². The van der Waals surface area contributed by atoms with Crippen LogP contribution >= 0.6 is 0 Å². The Bertz CT molecular complexity index is 209. The van der Waals surface area contributed by atoms with Crippen LogP contribution in [0.3, 0.4) is 0 Å². The van der Waals surface area contributed by atoms with E-state index in [9.17, 15) is 14.9 Å². The predicted octanol–water partition coefficient (Wildman–Crippen LogP) is 0.888. The standard InChI is InChI=1S/C6H9NO4/c1-3-5(7(10)11)4(2)6(8)9/h3-4H,1-2H3,(H,8,9)/b5-3-. The monoisotopic (exact) mass is 159 g/mol. The number of hydrogen-bond donors (Lipinski definition) is 1. The van der Waals surface area contributed by atoms with Crippen molar-refractivity contribution in [2.45, 2.75) is 13.8 Å². The summed E-state index contributed by atoms with van der Waals surface area (Å²) in [6.07, 6.45) is 1.19. The zero-order valence-corrected chi connectivity index (χ0v) is 6.27. The summed E-state index contributed by atoms with van der Waals surface area (Å²) in [6.45, 7) is 2.72. The fourth-order valence-electron chi connectivity index (χ4n) is 0.640. The molecule has 0 amide bonds. The molecule has 0 fully saturated rings. The molecule has 0 rings (SSSR count). The van der Waals surface area contributed by atoms with E-state index in [4.69, 9.17) is 5.11 Å². The first-order chi connectivity index (χ1) is 5.00. The van der Waals surface area contributed by atoms with Gasteiger partial charge in [-0.1, -0.05) is 0 Å². The summed E-state index contributed by atoms with van der Waals surface area (Å²) in [5, 5.41) is 18.5. The molecule has 1 atom stereocenters. The lowest BCUT2D eigenvalue weighted by Gasteiger charge is -2.00. The van der Waals surface area contributed by atoms with Crippen molar-refractivity contribution in [3.63, 3.8) is 0 Å². The van der Waals surface area contributed by atoms with Gasteiger partial charge in [0.15, 0.2) is 0 Å². The molecule has 0 aromatic carbocycles. The van der Waals surface area contributed by atoms with Crippen LogP contribution in [0.5, 0.6) is 0 Å². The minimum Gasteiger partial charge on any atom is -0.481 e. The third-order valence-corrected chi connectivity index (χ3v) is 1.32. The Balaban J connectivity index is 4.54. The SMILES string of the molecule is C/C=C(/C(C)C(=O)O)[N+](=O)[O-]. The molecule has 1 N–H and O–H groups in total. The van der Waals surface area contributed by atoms with Gasteiger partial charge in [0.25, 0.3) is 5.70 Å². The molecule has 5 heteroatoms. The van der Waals surface area contributed by atoms with Gasteiger partial charge in [-0.15, -0.1) is 0 Å². The minimum absolute atomic E-state index is 0.280. The Morgan fingerprint density at radius 1 is 1.73 bits per heavy atom. The van der Waals surface area contributed by atoms with E-state index in [0.717, 1.165) is 0 Å². The molecular weight excluding hydrogens is 150 g/mol. The van der Waals surface area contributed by atoms with Gasteiger partial charge in [-0.05, 0) is 19.9 Å². The molecule has 1 unspecified atom stereocenters. The van der Waals surface area contributed by atoms with Crippen molar-refractivity contribution in [2.24, 2.45) is 5.92 Å². The van der Waals surface area contributed by atoms with Gasteiger partial charge in [0.1, 0.15) is 5.92 Å². The third-order valence-electron chi connectivity index (χ3n) is 1.32. The first kappa shape index (κ1) is 9.61. The minimum atomic E-state index is -1.19. The molecule has 0 aromatic heterocycles. The van der Waals surface area contributed by atoms with Crippen LogP contribution in [-0.4, -0.2) is 16.0 Å². The van der Waals surface area contributed by atoms with E-state index in [0.29, 0.717) is 0 Å². The molecule has 0 radical (unpaired) electrons. The Morgan fingerprint density at radius 2 is 2.18 bits per heavy atom. The normalized spacial score (nSPS) is 14.2. The Hall–Kier alpha value is -1.39. The Morgan fingerprint density at radius 3 is 2.27 bits per heavy atom. The molecule has 0 saturated carbocycles. The van der Waals surface area contributed by atoms with Crippen LogP contribution in [0, 0.1) is 16.0 Å². The summed E-state index contributed by atoms with van der Waals surface area (Å²) in [5.41, 5.74) is -0.280. The number of carbonyl (C=O) groups is 1. The number of hydrogen-bond acceptors (Lipinski definition) is 3. The smallest absolute Gasteiger partial charge is 0.317 e. The second-order valence-electron chi connectivity index (χ2n) is 2.03. The zero-order valence-electron chi connectivity index (χ0n) is 6.27. The molecule has 0 spiro atoms. The van der Waals surface area contributed by atoms with Crippen molar-refractivity contribution in [3.05, 3.63) is 21.9 Å². The van der Waals surface area contributed by atoms with Gasteiger partial charge in [-0.3, -0.25) is 14.9 Å². The molecular formula is C6H9NO4. The second kappa shape index (κ2) is 3.70. The number of nitrogens with zero attached hydrogens (tertiary/aromatic N) is 1. The molecule has 0 aliphatic carbocycles. The summed E-state index contributed by atoms with van der Waals surface area (Å²) in [4.78, 5) is 19.7. The summed E-state index contributed by atoms with van der Waals surface area (Å²) in [7, 11) is 0. The van der Waals surface area contributed by atoms with E-state index in [1.54, 1.807) is 0 Å². The van der Waals surface area contributed by atoms with Crippen LogP contribution in [0.4, 0.5) is 0 Å². The summed E-state index contributed by atoms with van der Waals surface area (Å²) < 4.78 is 0. The number of aliphatic carboxylic acids is 1. The van der Waals surface area contributed by atoms with Gasteiger partial charge < -0.3 is 5.11 Å². The summed E-state index contributed by atoms with van der Waals surface area (Å²) in [6, 6.07) is 0. The van der Waals surface area contributed by atoms with Crippen LogP contribution in [0.1, 0.15) is 13.8 Å². The van der Waals surface area contributed by atoms with Crippen LogP contribution in [0.15, 0.2) is 11.8 Å². The molecule has 0 heterocycles. The van der Waals surface area contributed by atoms with E-state index < -0.39 is 16.8 Å². The van der Waals surface area contributed by atoms with Gasteiger partial charge in [0.2, 0.25) is 0 Å². The highest BCUT2D eigenvalue weighted by Gasteiger charge is 2.25. The van der Waals surface area contributed by atoms with Crippen molar-refractivity contribution in [1.29, 1.82) is 0 Å². The summed E-state index contributed by atoms with van der Waals surface area (Å²) >= 11 is 0. The number of carboxylic acids is 1. The van der Waals surface area contributed by atoms with Crippen LogP contribution < -0.4 is 0 Å². The molecule has 0 aliphatic heterocycles. The second-order valence-corrected chi connectivity index (χ2v) is 2.03. The number of allylic oxidation sites excluding steroid dienone is 1. The Kier molecular flexibility index (Phi) is 3.23. The highest BCUT2D eigenvalue weighted by Crippen LogP contribution is 2.10. The largest absolute Gasteiger partial charge is 0.481 e. The first-order valence-electron chi connectivity index (χ1n) is 3.04. The third kappa shape index (κ3) is 2.37. The lowest BCUT2D eigenvalue weighted by atomic mass is 10.1. The van der Waals surface area contributed by atoms with Crippen molar-refractivity contribution >= 4 is 5.97 Å².